The standard InChI is InChI=1S/C21H22FN5O4/c1-29-17-8-15-11-31-20-18(30-2)10-27-19(25-20)16(9-24-27)12-5-13(22)7-14(6-12)23-3-4-26(15)21(17)28/h5-7,9-10,15,17,23H,3-4,8,11H2,1-2H3/t15-,17+/m0/s1/i2D3. The van der Waals surface area contributed by atoms with E-state index in [9.17, 15) is 9.18 Å². The van der Waals surface area contributed by atoms with Crippen LogP contribution in [0.5, 0.6) is 11.6 Å². The van der Waals surface area contributed by atoms with Gasteiger partial charge in [0.15, 0.2) is 11.4 Å². The number of nitrogens with one attached hydrogen (secondary N) is 1. The molecule has 1 N–H and O–H groups in total. The Bertz CT molecular complexity index is 1250. The van der Waals surface area contributed by atoms with Crippen LogP contribution in [0.15, 0.2) is 30.6 Å². The number of methoxy groups -OCH3 is 2. The van der Waals surface area contributed by atoms with Crippen molar-refractivity contribution in [2.24, 2.45) is 0 Å². The van der Waals surface area contributed by atoms with Crippen molar-refractivity contribution in [3.05, 3.63) is 36.4 Å². The van der Waals surface area contributed by atoms with Crippen molar-refractivity contribution in [3.8, 4) is 22.8 Å². The van der Waals surface area contributed by atoms with E-state index >= 15 is 0 Å². The Hall–Kier alpha value is -3.40. The van der Waals surface area contributed by atoms with Gasteiger partial charge in [0.05, 0.1) is 29.6 Å². The Morgan fingerprint density at radius 3 is 3.13 bits per heavy atom. The number of benzene rings is 1. The molecule has 31 heavy (non-hydrogen) atoms. The highest BCUT2D eigenvalue weighted by Crippen LogP contribution is 2.32. The van der Waals surface area contributed by atoms with Gasteiger partial charge in [-0.05, 0) is 23.8 Å². The number of hydrogen-bond donors (Lipinski definition) is 1. The number of ether oxygens (including phenoxy) is 3. The highest BCUT2D eigenvalue weighted by molar-refractivity contribution is 5.84. The first-order valence-corrected chi connectivity index (χ1v) is 9.80. The van der Waals surface area contributed by atoms with Gasteiger partial charge in [0, 0.05) is 37.9 Å². The molecule has 0 spiro atoms. The third-order valence-corrected chi connectivity index (χ3v) is 5.61. The Balaban J connectivity index is 1.63. The lowest BCUT2D eigenvalue weighted by Crippen LogP contribution is -2.41. The van der Waals surface area contributed by atoms with Crippen LogP contribution in [0.1, 0.15) is 10.5 Å². The number of aromatic nitrogens is 3. The minimum absolute atomic E-state index is 0.0511. The average Bonchev–Trinajstić information content (AvgIpc) is 3.30. The second-order valence-corrected chi connectivity index (χ2v) is 7.45. The summed E-state index contributed by atoms with van der Waals surface area (Å²) in [5.41, 5.74) is 1.92. The normalized spacial score (nSPS) is 22.7. The molecular formula is C21H22FN5O4. The van der Waals surface area contributed by atoms with Crippen LogP contribution in [0.2, 0.25) is 0 Å². The van der Waals surface area contributed by atoms with Gasteiger partial charge >= 0.3 is 0 Å². The van der Waals surface area contributed by atoms with Crippen molar-refractivity contribution in [1.29, 1.82) is 0 Å². The zero-order chi connectivity index (χ0) is 24.0. The maximum atomic E-state index is 14.4. The van der Waals surface area contributed by atoms with Gasteiger partial charge in [0.2, 0.25) is 0 Å². The highest BCUT2D eigenvalue weighted by Gasteiger charge is 2.40. The van der Waals surface area contributed by atoms with E-state index in [1.807, 2.05) is 0 Å². The highest BCUT2D eigenvalue weighted by atomic mass is 19.1. The van der Waals surface area contributed by atoms with Crippen molar-refractivity contribution in [2.45, 2.75) is 18.6 Å². The Kier molecular flexibility index (Phi) is 4.05. The molecule has 2 atom stereocenters. The number of hydrogen-bond acceptors (Lipinski definition) is 7. The first-order chi connectivity index (χ1) is 16.2. The van der Waals surface area contributed by atoms with Crippen LogP contribution in [0.3, 0.4) is 0 Å². The van der Waals surface area contributed by atoms with Crippen LogP contribution in [-0.4, -0.2) is 71.4 Å². The van der Waals surface area contributed by atoms with Crippen LogP contribution in [0.4, 0.5) is 10.1 Å². The zero-order valence-electron chi connectivity index (χ0n) is 19.7. The summed E-state index contributed by atoms with van der Waals surface area (Å²) in [6.45, 7) is 0.764. The molecule has 2 aliphatic rings. The van der Waals surface area contributed by atoms with Crippen LogP contribution in [-0.2, 0) is 9.53 Å². The fourth-order valence-corrected chi connectivity index (χ4v) is 4.09. The van der Waals surface area contributed by atoms with Gasteiger partial charge in [0.1, 0.15) is 18.5 Å². The topological polar surface area (TPSA) is 90.2 Å². The third-order valence-electron chi connectivity index (χ3n) is 5.61. The molecule has 0 radical (unpaired) electrons. The van der Waals surface area contributed by atoms with E-state index in [1.165, 1.54) is 36.2 Å². The van der Waals surface area contributed by atoms with Crippen LogP contribution < -0.4 is 14.8 Å². The van der Waals surface area contributed by atoms with E-state index in [1.54, 1.807) is 11.0 Å². The van der Waals surface area contributed by atoms with Gasteiger partial charge in [-0.15, -0.1) is 0 Å². The van der Waals surface area contributed by atoms with Crippen molar-refractivity contribution < 1.29 is 27.5 Å². The second kappa shape index (κ2) is 7.69. The van der Waals surface area contributed by atoms with Crippen LogP contribution >= 0.6 is 0 Å². The lowest BCUT2D eigenvalue weighted by atomic mass is 10.1. The van der Waals surface area contributed by atoms with Gasteiger partial charge in [-0.2, -0.15) is 10.1 Å². The minimum atomic E-state index is -2.75. The van der Waals surface area contributed by atoms with Crippen molar-refractivity contribution in [3.63, 3.8) is 0 Å². The summed E-state index contributed by atoms with van der Waals surface area (Å²) in [4.78, 5) is 18.9. The number of carbonyl (C=O) groups excluding carboxylic acids is 1. The number of rotatable bonds is 2. The van der Waals surface area contributed by atoms with Gasteiger partial charge < -0.3 is 24.4 Å². The SMILES string of the molecule is [2H]C([2H])([2H])Oc1cn2ncc3c2nc1OC[C@@H]1C[C@@H](OC)C(=O)N1CCNc1cc(F)cc-3c1. The molecule has 5 rings (SSSR count). The molecule has 10 heteroatoms. The molecule has 0 unspecified atom stereocenters. The number of carbonyl (C=O) groups is 1. The van der Waals surface area contributed by atoms with E-state index in [0.29, 0.717) is 42.0 Å². The van der Waals surface area contributed by atoms with Gasteiger partial charge in [-0.25, -0.2) is 8.91 Å². The Morgan fingerprint density at radius 1 is 1.39 bits per heavy atom. The van der Waals surface area contributed by atoms with Crippen LogP contribution in [0.25, 0.3) is 16.8 Å². The van der Waals surface area contributed by atoms with E-state index in [2.05, 4.69) is 15.4 Å². The van der Waals surface area contributed by atoms with Gasteiger partial charge in [0.25, 0.3) is 11.8 Å². The number of halogens is 1. The third kappa shape index (κ3) is 3.42. The summed E-state index contributed by atoms with van der Waals surface area (Å²) in [6.07, 6.45) is 2.65. The molecule has 1 fully saturated rings. The van der Waals surface area contributed by atoms with E-state index < -0.39 is 19.0 Å². The molecule has 1 amide bonds. The Morgan fingerprint density at radius 2 is 2.29 bits per heavy atom. The smallest absolute Gasteiger partial charge is 0.260 e. The fourth-order valence-electron chi connectivity index (χ4n) is 4.09. The molecule has 4 bridgehead atoms. The largest absolute Gasteiger partial charge is 0.490 e. The molecule has 0 aliphatic carbocycles. The average molecular weight is 430 g/mol. The lowest BCUT2D eigenvalue weighted by molar-refractivity contribution is -0.136. The molecule has 1 saturated heterocycles. The summed E-state index contributed by atoms with van der Waals surface area (Å²) >= 11 is 0. The van der Waals surface area contributed by atoms with E-state index in [0.717, 1.165) is 0 Å². The van der Waals surface area contributed by atoms with E-state index in [4.69, 9.17) is 18.3 Å². The molecule has 1 aromatic carbocycles. The molecular weight excluding hydrogens is 405 g/mol. The number of amides is 1. The van der Waals surface area contributed by atoms with Gasteiger partial charge in [-0.1, -0.05) is 0 Å². The fraction of sp³-hybridized carbons (Fsp3) is 0.381. The predicted molar refractivity (Wildman–Crippen MR) is 110 cm³/mol. The number of fused-ring (bicyclic) bond motifs is 5. The molecule has 2 aliphatic heterocycles. The predicted octanol–water partition coefficient (Wildman–Crippen LogP) is 1.96. The Labute approximate surface area is 181 Å². The van der Waals surface area contributed by atoms with Crippen molar-refractivity contribution >= 4 is 17.2 Å². The molecule has 2 aromatic heterocycles. The lowest BCUT2D eigenvalue weighted by Gasteiger charge is -2.25. The van der Waals surface area contributed by atoms with Crippen molar-refractivity contribution in [1.82, 2.24) is 19.5 Å². The maximum Gasteiger partial charge on any atom is 0.260 e. The summed E-state index contributed by atoms with van der Waals surface area (Å²) in [5, 5.41) is 7.40. The van der Waals surface area contributed by atoms with Crippen LogP contribution in [0, 0.1) is 5.82 Å². The van der Waals surface area contributed by atoms with Crippen molar-refractivity contribution in [2.75, 3.05) is 39.2 Å². The monoisotopic (exact) mass is 430 g/mol. The van der Waals surface area contributed by atoms with E-state index in [-0.39, 0.29) is 30.2 Å². The molecule has 9 nitrogen and oxygen atoms in total. The summed E-state index contributed by atoms with van der Waals surface area (Å²) in [7, 11) is -1.28. The maximum absolute atomic E-state index is 14.4. The summed E-state index contributed by atoms with van der Waals surface area (Å²) in [5.74, 6) is -0.828. The molecule has 162 valence electrons. The zero-order valence-corrected chi connectivity index (χ0v) is 16.7. The first-order valence-electron chi connectivity index (χ1n) is 11.3. The molecule has 4 heterocycles. The summed E-state index contributed by atoms with van der Waals surface area (Å²) < 4.78 is 54.6. The quantitative estimate of drug-likeness (QED) is 0.665. The number of nitrogens with zero attached hydrogens (tertiary/aromatic N) is 4. The van der Waals surface area contributed by atoms with Gasteiger partial charge in [-0.3, -0.25) is 4.79 Å². The summed E-state index contributed by atoms with van der Waals surface area (Å²) in [6, 6.07) is 4.13. The molecule has 3 aromatic rings. The molecule has 0 saturated carbocycles. The second-order valence-electron chi connectivity index (χ2n) is 7.45. The number of anilines is 1. The minimum Gasteiger partial charge on any atom is -0.490 e. The first kappa shape index (κ1) is 16.3.